The maximum atomic E-state index is 9.12. The second-order valence-electron chi connectivity index (χ2n) is 3.94. The Hall–Kier alpha value is -0.920. The summed E-state index contributed by atoms with van der Waals surface area (Å²) in [6.45, 7) is 4.92. The molecule has 0 aliphatic heterocycles. The van der Waals surface area contributed by atoms with E-state index in [4.69, 9.17) is 9.68 Å². The first-order valence-electron chi connectivity index (χ1n) is 5.46. The number of furan rings is 1. The summed E-state index contributed by atoms with van der Waals surface area (Å²) < 4.78 is 5.24. The van der Waals surface area contributed by atoms with Gasteiger partial charge in [0.1, 0.15) is 11.3 Å². The minimum atomic E-state index is -0.437. The SMILES string of the molecule is CCCNC(C)(C#N)CSCc1ccco1. The summed E-state index contributed by atoms with van der Waals surface area (Å²) in [5, 5.41) is 12.4. The molecule has 16 heavy (non-hydrogen) atoms. The van der Waals surface area contributed by atoms with E-state index in [9.17, 15) is 0 Å². The van der Waals surface area contributed by atoms with Crippen molar-refractivity contribution >= 4 is 11.8 Å². The van der Waals surface area contributed by atoms with Gasteiger partial charge in [0, 0.05) is 5.75 Å². The van der Waals surface area contributed by atoms with Crippen LogP contribution in [0.25, 0.3) is 0 Å². The second-order valence-corrected chi connectivity index (χ2v) is 4.93. The fourth-order valence-corrected chi connectivity index (χ4v) is 2.32. The molecule has 1 N–H and O–H groups in total. The lowest BCUT2D eigenvalue weighted by Crippen LogP contribution is -2.43. The molecule has 3 nitrogen and oxygen atoms in total. The quantitative estimate of drug-likeness (QED) is 0.793. The third-order valence-electron chi connectivity index (χ3n) is 2.23. The molecule has 1 atom stereocenters. The summed E-state index contributed by atoms with van der Waals surface area (Å²) in [7, 11) is 0. The Labute approximate surface area is 101 Å². The fourth-order valence-electron chi connectivity index (χ4n) is 1.27. The second kappa shape index (κ2) is 6.62. The molecule has 0 aliphatic carbocycles. The highest BCUT2D eigenvalue weighted by Gasteiger charge is 2.22. The summed E-state index contributed by atoms with van der Waals surface area (Å²) in [5.41, 5.74) is -0.437. The van der Waals surface area contributed by atoms with Gasteiger partial charge in [-0.1, -0.05) is 6.92 Å². The average molecular weight is 238 g/mol. The zero-order chi connectivity index (χ0) is 11.9. The van der Waals surface area contributed by atoms with Crippen LogP contribution in [0.4, 0.5) is 0 Å². The Morgan fingerprint density at radius 2 is 2.44 bits per heavy atom. The summed E-state index contributed by atoms with van der Waals surface area (Å²) in [5.74, 6) is 2.54. The van der Waals surface area contributed by atoms with Gasteiger partial charge in [-0.15, -0.1) is 0 Å². The number of hydrogen-bond donors (Lipinski definition) is 1. The van der Waals surface area contributed by atoms with E-state index >= 15 is 0 Å². The number of nitrogens with one attached hydrogen (secondary N) is 1. The molecule has 0 spiro atoms. The number of rotatable bonds is 7. The van der Waals surface area contributed by atoms with E-state index in [0.717, 1.165) is 30.2 Å². The molecule has 0 saturated carbocycles. The Kier molecular flexibility index (Phi) is 5.44. The zero-order valence-electron chi connectivity index (χ0n) is 9.82. The molecule has 0 fully saturated rings. The molecule has 1 heterocycles. The Balaban J connectivity index is 2.31. The van der Waals surface area contributed by atoms with Gasteiger partial charge >= 0.3 is 0 Å². The van der Waals surface area contributed by atoms with Crippen LogP contribution in [0, 0.1) is 11.3 Å². The van der Waals surface area contributed by atoms with Gasteiger partial charge in [0.05, 0.1) is 18.1 Å². The van der Waals surface area contributed by atoms with E-state index in [2.05, 4.69) is 18.3 Å². The van der Waals surface area contributed by atoms with Gasteiger partial charge in [0.25, 0.3) is 0 Å². The molecule has 88 valence electrons. The number of thioether (sulfide) groups is 1. The summed E-state index contributed by atoms with van der Waals surface area (Å²) in [6, 6.07) is 6.17. The van der Waals surface area contributed by atoms with Crippen LogP contribution in [0.15, 0.2) is 22.8 Å². The van der Waals surface area contributed by atoms with E-state index in [1.54, 1.807) is 18.0 Å². The van der Waals surface area contributed by atoms with Crippen molar-refractivity contribution in [1.29, 1.82) is 5.26 Å². The predicted molar refractivity (Wildman–Crippen MR) is 67.2 cm³/mol. The summed E-state index contributed by atoms with van der Waals surface area (Å²) in [4.78, 5) is 0. The fraction of sp³-hybridized carbons (Fsp3) is 0.583. The number of hydrogen-bond acceptors (Lipinski definition) is 4. The smallest absolute Gasteiger partial charge is 0.113 e. The van der Waals surface area contributed by atoms with Gasteiger partial charge in [-0.2, -0.15) is 17.0 Å². The third-order valence-corrected chi connectivity index (χ3v) is 3.50. The highest BCUT2D eigenvalue weighted by Crippen LogP contribution is 2.18. The molecular formula is C12H18N2OS. The Morgan fingerprint density at radius 3 is 3.00 bits per heavy atom. The molecule has 0 amide bonds. The van der Waals surface area contributed by atoms with Crippen molar-refractivity contribution in [2.24, 2.45) is 0 Å². The molecule has 0 aliphatic rings. The van der Waals surface area contributed by atoms with Gasteiger partial charge in [-0.3, -0.25) is 5.32 Å². The van der Waals surface area contributed by atoms with E-state index in [1.807, 2.05) is 19.1 Å². The average Bonchev–Trinajstić information content (AvgIpc) is 2.79. The van der Waals surface area contributed by atoms with Crippen molar-refractivity contribution in [3.8, 4) is 6.07 Å². The molecule has 0 aromatic carbocycles. The lowest BCUT2D eigenvalue weighted by Gasteiger charge is -2.22. The van der Waals surface area contributed by atoms with E-state index in [0.29, 0.717) is 0 Å². The van der Waals surface area contributed by atoms with Crippen LogP contribution in [-0.2, 0) is 5.75 Å². The molecule has 0 radical (unpaired) electrons. The van der Waals surface area contributed by atoms with E-state index in [1.165, 1.54) is 0 Å². The topological polar surface area (TPSA) is 49.0 Å². The highest BCUT2D eigenvalue weighted by molar-refractivity contribution is 7.98. The first-order valence-corrected chi connectivity index (χ1v) is 6.62. The van der Waals surface area contributed by atoms with Crippen LogP contribution in [0.3, 0.4) is 0 Å². The van der Waals surface area contributed by atoms with Crippen LogP contribution in [0.5, 0.6) is 0 Å². The van der Waals surface area contributed by atoms with Gasteiger partial charge in [0.2, 0.25) is 0 Å². The van der Waals surface area contributed by atoms with Crippen molar-refractivity contribution < 1.29 is 4.42 Å². The maximum absolute atomic E-state index is 9.12. The largest absolute Gasteiger partial charge is 0.468 e. The molecule has 1 unspecified atom stereocenters. The molecule has 1 aromatic heterocycles. The molecule has 1 rings (SSSR count). The van der Waals surface area contributed by atoms with E-state index in [-0.39, 0.29) is 0 Å². The van der Waals surface area contributed by atoms with Gasteiger partial charge < -0.3 is 4.42 Å². The first kappa shape index (κ1) is 13.1. The van der Waals surface area contributed by atoms with Crippen LogP contribution in [0.1, 0.15) is 26.0 Å². The lowest BCUT2D eigenvalue weighted by molar-refractivity contribution is 0.492. The molecule has 1 aromatic rings. The number of nitriles is 1. The minimum Gasteiger partial charge on any atom is -0.468 e. The minimum absolute atomic E-state index is 0.437. The van der Waals surface area contributed by atoms with Crippen molar-refractivity contribution in [3.05, 3.63) is 24.2 Å². The third kappa shape index (κ3) is 4.30. The van der Waals surface area contributed by atoms with Crippen molar-refractivity contribution in [3.63, 3.8) is 0 Å². The van der Waals surface area contributed by atoms with Crippen molar-refractivity contribution in [2.45, 2.75) is 31.6 Å². The monoisotopic (exact) mass is 238 g/mol. The van der Waals surface area contributed by atoms with Crippen LogP contribution >= 0.6 is 11.8 Å². The maximum Gasteiger partial charge on any atom is 0.113 e. The molecule has 0 bridgehead atoms. The standard InChI is InChI=1S/C12H18N2OS/c1-3-6-14-12(2,9-13)10-16-8-11-5-4-7-15-11/h4-5,7,14H,3,6,8,10H2,1-2H3. The molecule has 0 saturated heterocycles. The first-order chi connectivity index (χ1) is 7.70. The number of nitrogens with zero attached hydrogens (tertiary/aromatic N) is 1. The van der Waals surface area contributed by atoms with Crippen molar-refractivity contribution in [2.75, 3.05) is 12.3 Å². The lowest BCUT2D eigenvalue weighted by atomic mass is 10.1. The van der Waals surface area contributed by atoms with Crippen LogP contribution < -0.4 is 5.32 Å². The van der Waals surface area contributed by atoms with Crippen LogP contribution in [-0.4, -0.2) is 17.8 Å². The molecular weight excluding hydrogens is 220 g/mol. The van der Waals surface area contributed by atoms with Crippen molar-refractivity contribution in [1.82, 2.24) is 5.32 Å². The molecule has 4 heteroatoms. The van der Waals surface area contributed by atoms with Crippen LogP contribution in [0.2, 0.25) is 0 Å². The Morgan fingerprint density at radius 1 is 1.62 bits per heavy atom. The Bertz CT molecular complexity index is 331. The zero-order valence-corrected chi connectivity index (χ0v) is 10.6. The summed E-state index contributed by atoms with van der Waals surface area (Å²) >= 11 is 1.71. The highest BCUT2D eigenvalue weighted by atomic mass is 32.2. The van der Waals surface area contributed by atoms with Gasteiger partial charge in [-0.05, 0) is 32.0 Å². The van der Waals surface area contributed by atoms with Gasteiger partial charge in [0.15, 0.2) is 0 Å². The van der Waals surface area contributed by atoms with E-state index < -0.39 is 5.54 Å². The normalized spacial score (nSPS) is 14.3. The van der Waals surface area contributed by atoms with Gasteiger partial charge in [-0.25, -0.2) is 0 Å². The predicted octanol–water partition coefficient (Wildman–Crippen LogP) is 2.79. The summed E-state index contributed by atoms with van der Waals surface area (Å²) in [6.07, 6.45) is 2.72.